The second-order valence-corrected chi connectivity index (χ2v) is 6.47. The molecule has 1 saturated heterocycles. The van der Waals surface area contributed by atoms with Crippen molar-refractivity contribution in [1.82, 2.24) is 5.32 Å². The number of rotatable bonds is 4. The van der Waals surface area contributed by atoms with Gasteiger partial charge >= 0.3 is 5.51 Å². The Kier molecular flexibility index (Phi) is 4.24. The van der Waals surface area contributed by atoms with E-state index in [1.165, 1.54) is 12.1 Å². The summed E-state index contributed by atoms with van der Waals surface area (Å²) in [4.78, 5) is -0.781. The van der Waals surface area contributed by atoms with E-state index in [0.29, 0.717) is 12.4 Å². The van der Waals surface area contributed by atoms with Crippen LogP contribution in [-0.2, 0) is 9.84 Å². The SMILES string of the molecule is O=S(=O)(c1ccc(OCC2CCCN2)cc1)C(F)(F)F. The first-order chi connectivity index (χ1) is 9.30. The molecule has 112 valence electrons. The molecule has 1 atom stereocenters. The van der Waals surface area contributed by atoms with Gasteiger partial charge in [-0.05, 0) is 43.7 Å². The van der Waals surface area contributed by atoms with Crippen LogP contribution in [0.25, 0.3) is 0 Å². The molecule has 0 bridgehead atoms. The van der Waals surface area contributed by atoms with Crippen LogP contribution in [0.1, 0.15) is 12.8 Å². The third-order valence-electron chi connectivity index (χ3n) is 3.05. The molecule has 0 saturated carbocycles. The van der Waals surface area contributed by atoms with Crippen LogP contribution in [0, 0.1) is 0 Å². The smallest absolute Gasteiger partial charge is 0.492 e. The van der Waals surface area contributed by atoms with E-state index in [1.807, 2.05) is 0 Å². The first-order valence-corrected chi connectivity index (χ1v) is 7.56. The van der Waals surface area contributed by atoms with Gasteiger partial charge in [0.25, 0.3) is 9.84 Å². The summed E-state index contributed by atoms with van der Waals surface area (Å²) in [5, 5.41) is 3.21. The molecule has 1 aliphatic heterocycles. The zero-order valence-corrected chi connectivity index (χ0v) is 11.3. The summed E-state index contributed by atoms with van der Waals surface area (Å²) in [7, 11) is -5.29. The topological polar surface area (TPSA) is 55.4 Å². The second-order valence-electron chi connectivity index (χ2n) is 4.52. The monoisotopic (exact) mass is 309 g/mol. The van der Waals surface area contributed by atoms with Crippen molar-refractivity contribution < 1.29 is 26.3 Å². The fourth-order valence-electron chi connectivity index (χ4n) is 1.94. The molecule has 0 spiro atoms. The third kappa shape index (κ3) is 3.24. The van der Waals surface area contributed by atoms with Crippen molar-refractivity contribution >= 4 is 9.84 Å². The van der Waals surface area contributed by atoms with E-state index in [-0.39, 0.29) is 6.04 Å². The lowest BCUT2D eigenvalue weighted by molar-refractivity contribution is -0.0436. The predicted octanol–water partition coefficient (Wildman–Crippen LogP) is 2.11. The average molecular weight is 309 g/mol. The Morgan fingerprint density at radius 1 is 1.25 bits per heavy atom. The van der Waals surface area contributed by atoms with Gasteiger partial charge in [0.15, 0.2) is 0 Å². The van der Waals surface area contributed by atoms with Gasteiger partial charge in [-0.15, -0.1) is 0 Å². The van der Waals surface area contributed by atoms with E-state index in [0.717, 1.165) is 31.5 Å². The lowest BCUT2D eigenvalue weighted by Gasteiger charge is -2.13. The minimum Gasteiger partial charge on any atom is -0.492 e. The maximum absolute atomic E-state index is 12.3. The van der Waals surface area contributed by atoms with Gasteiger partial charge in [0.1, 0.15) is 12.4 Å². The van der Waals surface area contributed by atoms with Crippen molar-refractivity contribution in [3.05, 3.63) is 24.3 Å². The van der Waals surface area contributed by atoms with Gasteiger partial charge in [0, 0.05) is 6.04 Å². The van der Waals surface area contributed by atoms with Gasteiger partial charge in [-0.1, -0.05) is 0 Å². The molecule has 1 aromatic carbocycles. The molecule has 2 rings (SSSR count). The minimum absolute atomic E-state index is 0.230. The number of benzene rings is 1. The minimum atomic E-state index is -5.29. The van der Waals surface area contributed by atoms with Crippen LogP contribution in [-0.4, -0.2) is 33.1 Å². The Morgan fingerprint density at radius 3 is 2.40 bits per heavy atom. The molecule has 0 amide bonds. The second kappa shape index (κ2) is 5.61. The first kappa shape index (κ1) is 15.1. The van der Waals surface area contributed by atoms with Crippen LogP contribution in [0.4, 0.5) is 13.2 Å². The maximum Gasteiger partial charge on any atom is 0.501 e. The highest BCUT2D eigenvalue weighted by Gasteiger charge is 2.46. The van der Waals surface area contributed by atoms with Crippen molar-refractivity contribution in [2.75, 3.05) is 13.2 Å². The number of ether oxygens (including phenoxy) is 1. The molecule has 1 fully saturated rings. The molecular formula is C12H14F3NO3S. The third-order valence-corrected chi connectivity index (χ3v) is 4.55. The Morgan fingerprint density at radius 2 is 1.90 bits per heavy atom. The molecule has 1 N–H and O–H groups in total. The number of nitrogens with one attached hydrogen (secondary N) is 1. The van der Waals surface area contributed by atoms with Crippen molar-refractivity contribution in [3.8, 4) is 5.75 Å². The molecule has 20 heavy (non-hydrogen) atoms. The van der Waals surface area contributed by atoms with Crippen molar-refractivity contribution in [1.29, 1.82) is 0 Å². The number of sulfone groups is 1. The van der Waals surface area contributed by atoms with Crippen molar-refractivity contribution in [3.63, 3.8) is 0 Å². The van der Waals surface area contributed by atoms with Crippen LogP contribution in [0.15, 0.2) is 29.2 Å². The number of halogens is 3. The van der Waals surface area contributed by atoms with E-state index >= 15 is 0 Å². The highest BCUT2D eigenvalue weighted by molar-refractivity contribution is 7.92. The summed E-state index contributed by atoms with van der Waals surface area (Å²) in [6.07, 6.45) is 2.05. The fraction of sp³-hybridized carbons (Fsp3) is 0.500. The Hall–Kier alpha value is -1.28. The molecule has 1 aliphatic rings. The van der Waals surface area contributed by atoms with Gasteiger partial charge in [0.05, 0.1) is 4.90 Å². The van der Waals surface area contributed by atoms with Gasteiger partial charge in [0.2, 0.25) is 0 Å². The van der Waals surface area contributed by atoms with E-state index in [1.54, 1.807) is 0 Å². The molecule has 0 aromatic heterocycles. The highest BCUT2D eigenvalue weighted by Crippen LogP contribution is 2.30. The van der Waals surface area contributed by atoms with E-state index in [4.69, 9.17) is 4.74 Å². The first-order valence-electron chi connectivity index (χ1n) is 6.08. The zero-order valence-electron chi connectivity index (χ0n) is 10.5. The lowest BCUT2D eigenvalue weighted by Crippen LogP contribution is -2.28. The normalized spacial score (nSPS) is 20.1. The number of hydrogen-bond acceptors (Lipinski definition) is 4. The van der Waals surface area contributed by atoms with E-state index in [9.17, 15) is 21.6 Å². The van der Waals surface area contributed by atoms with Crippen molar-refractivity contribution in [2.24, 2.45) is 0 Å². The molecule has 0 aliphatic carbocycles. The molecule has 1 aromatic rings. The summed E-state index contributed by atoms with van der Waals surface area (Å²) < 4.78 is 64.8. The summed E-state index contributed by atoms with van der Waals surface area (Å²) in [6.45, 7) is 1.34. The lowest BCUT2D eigenvalue weighted by atomic mass is 10.2. The van der Waals surface area contributed by atoms with Crippen molar-refractivity contribution in [2.45, 2.75) is 29.3 Å². The molecule has 4 nitrogen and oxygen atoms in total. The summed E-state index contributed by atoms with van der Waals surface area (Å²) in [5.74, 6) is 0.347. The van der Waals surface area contributed by atoms with Crippen LogP contribution < -0.4 is 10.1 Å². The van der Waals surface area contributed by atoms with Gasteiger partial charge in [-0.2, -0.15) is 13.2 Å². The summed E-state index contributed by atoms with van der Waals surface area (Å²) >= 11 is 0. The predicted molar refractivity (Wildman–Crippen MR) is 66.2 cm³/mol. The van der Waals surface area contributed by atoms with Crippen LogP contribution >= 0.6 is 0 Å². The number of hydrogen-bond donors (Lipinski definition) is 1. The van der Waals surface area contributed by atoms with Crippen LogP contribution in [0.5, 0.6) is 5.75 Å². The fourth-order valence-corrected chi connectivity index (χ4v) is 2.71. The highest BCUT2D eigenvalue weighted by atomic mass is 32.2. The van der Waals surface area contributed by atoms with Gasteiger partial charge in [-0.3, -0.25) is 0 Å². The molecule has 0 radical (unpaired) electrons. The van der Waals surface area contributed by atoms with Crippen LogP contribution in [0.3, 0.4) is 0 Å². The Labute approximate surface area is 114 Å². The molecule has 8 heteroatoms. The van der Waals surface area contributed by atoms with E-state index in [2.05, 4.69) is 5.32 Å². The quantitative estimate of drug-likeness (QED) is 0.925. The van der Waals surface area contributed by atoms with Crippen LogP contribution in [0.2, 0.25) is 0 Å². The standard InChI is InChI=1S/C12H14F3NO3S/c13-12(14,15)20(17,18)11-5-3-10(4-6-11)19-8-9-2-1-7-16-9/h3-6,9,16H,1-2,7-8H2. The summed E-state index contributed by atoms with van der Waals surface area (Å²) in [5.41, 5.74) is -5.29. The largest absolute Gasteiger partial charge is 0.501 e. The molecule has 1 unspecified atom stereocenters. The van der Waals surface area contributed by atoms with Gasteiger partial charge in [-0.25, -0.2) is 8.42 Å². The molecular weight excluding hydrogens is 295 g/mol. The average Bonchev–Trinajstić information content (AvgIpc) is 2.88. The zero-order chi connectivity index (χ0) is 14.8. The van der Waals surface area contributed by atoms with E-state index < -0.39 is 20.2 Å². The van der Waals surface area contributed by atoms with Gasteiger partial charge < -0.3 is 10.1 Å². The molecule has 1 heterocycles. The number of alkyl halides is 3. The maximum atomic E-state index is 12.3. The summed E-state index contributed by atoms with van der Waals surface area (Å²) in [6, 6.07) is 4.50. The Bertz CT molecular complexity index is 548. The Balaban J connectivity index is 2.03.